The Morgan fingerprint density at radius 3 is 2.34 bits per heavy atom. The Hall–Kier alpha value is -3.71. The summed E-state index contributed by atoms with van der Waals surface area (Å²) in [5, 5.41) is 9.78. The number of carbonyl (C=O) groups excluding carboxylic acids is 5. The van der Waals surface area contributed by atoms with E-state index in [1.165, 1.54) is 0 Å². The molecule has 50 heavy (non-hydrogen) atoms. The van der Waals surface area contributed by atoms with E-state index in [1.54, 1.807) is 29.9 Å². The van der Waals surface area contributed by atoms with E-state index in [2.05, 4.69) is 35.6 Å². The molecule has 13 heteroatoms. The topological polar surface area (TPSA) is 148 Å². The first-order valence-corrected chi connectivity index (χ1v) is 21.7. The first kappa shape index (κ1) is 39.1. The number of Topliss-reactive ketones (excluding diaryl/α,β-unsaturated/α-hetero) is 1. The Morgan fingerprint density at radius 1 is 0.940 bits per heavy atom. The van der Waals surface area contributed by atoms with E-state index in [0.29, 0.717) is 51.5 Å². The number of nitrogens with zero attached hydrogens (tertiary/aromatic N) is 2. The average molecular weight is 712 g/mol. The highest BCUT2D eigenvalue weighted by molar-refractivity contribution is 6.69. The molecular weight excluding hydrogens is 655 g/mol. The van der Waals surface area contributed by atoms with Gasteiger partial charge in [0.2, 0.25) is 23.6 Å². The number of fused-ring (bicyclic) bond motifs is 2. The Labute approximate surface area is 297 Å². The van der Waals surface area contributed by atoms with Crippen LogP contribution in [0.15, 0.2) is 30.5 Å². The van der Waals surface area contributed by atoms with Crippen LogP contribution >= 0.6 is 0 Å². The van der Waals surface area contributed by atoms with Crippen LogP contribution in [0.5, 0.6) is 0 Å². The predicted molar refractivity (Wildman–Crippen MR) is 195 cm³/mol. The van der Waals surface area contributed by atoms with Crippen molar-refractivity contribution >= 4 is 48.6 Å². The van der Waals surface area contributed by atoms with E-state index < -0.39 is 50.4 Å². The quantitative estimate of drug-likeness (QED) is 0.199. The molecule has 1 aromatic heterocycles. The van der Waals surface area contributed by atoms with Crippen molar-refractivity contribution in [1.29, 1.82) is 0 Å². The third-order valence-electron chi connectivity index (χ3n) is 9.91. The Morgan fingerprint density at radius 2 is 1.64 bits per heavy atom. The van der Waals surface area contributed by atoms with E-state index in [4.69, 9.17) is 9.26 Å². The summed E-state index contributed by atoms with van der Waals surface area (Å²) in [5.74, 6) is -1.69. The zero-order valence-electron chi connectivity index (χ0n) is 30.9. The second-order valence-electron chi connectivity index (χ2n) is 14.9. The summed E-state index contributed by atoms with van der Waals surface area (Å²) >= 11 is 0. The van der Waals surface area contributed by atoms with Crippen molar-refractivity contribution in [2.45, 2.75) is 135 Å². The number of benzene rings is 1. The van der Waals surface area contributed by atoms with E-state index in [-0.39, 0.29) is 29.9 Å². The molecule has 0 aliphatic carbocycles. The molecule has 12 nitrogen and oxygen atoms in total. The Bertz CT molecular complexity index is 1520. The number of hydrogen-bond acceptors (Lipinski definition) is 7. The highest BCUT2D eigenvalue weighted by Gasteiger charge is 2.41. The molecule has 0 spiro atoms. The summed E-state index contributed by atoms with van der Waals surface area (Å²) in [6.07, 6.45) is 6.75. The fourth-order valence-corrected chi connectivity index (χ4v) is 8.17. The van der Waals surface area contributed by atoms with Gasteiger partial charge in [0.1, 0.15) is 37.4 Å². The van der Waals surface area contributed by atoms with Gasteiger partial charge in [-0.05, 0) is 76.2 Å². The smallest absolute Gasteiger partial charge is 0.246 e. The Balaban J connectivity index is 1.59. The molecule has 0 bridgehead atoms. The highest BCUT2D eigenvalue weighted by Crippen LogP contribution is 2.25. The summed E-state index contributed by atoms with van der Waals surface area (Å²) in [5.41, 5.74) is 1.61. The molecule has 2 aromatic rings. The number of unbranched alkanes of at least 4 members (excludes halogenated alkanes) is 2. The second kappa shape index (κ2) is 17.5. The van der Waals surface area contributed by atoms with E-state index in [9.17, 15) is 24.0 Å². The van der Waals surface area contributed by atoms with E-state index >= 15 is 0 Å². The number of rotatable bonds is 14. The van der Waals surface area contributed by atoms with Gasteiger partial charge >= 0.3 is 0 Å². The lowest BCUT2D eigenvalue weighted by Crippen LogP contribution is -2.64. The Kier molecular flexibility index (Phi) is 13.7. The molecule has 1 aromatic carbocycles. The molecular formula is C37H57N5O7Si. The maximum Gasteiger partial charge on any atom is 0.246 e. The van der Waals surface area contributed by atoms with Gasteiger partial charge in [-0.3, -0.25) is 24.0 Å². The number of ketones is 1. The van der Waals surface area contributed by atoms with Crippen molar-refractivity contribution in [3.8, 4) is 0 Å². The van der Waals surface area contributed by atoms with Crippen LogP contribution < -0.4 is 20.8 Å². The minimum atomic E-state index is -1.84. The first-order chi connectivity index (χ1) is 23.7. The molecule has 4 amide bonds. The van der Waals surface area contributed by atoms with Crippen LogP contribution in [0.3, 0.4) is 0 Å². The molecule has 2 unspecified atom stereocenters. The van der Waals surface area contributed by atoms with Gasteiger partial charge in [-0.1, -0.05) is 51.3 Å². The normalized spacial score (nSPS) is 23.5. The zero-order chi connectivity index (χ0) is 36.6. The van der Waals surface area contributed by atoms with Crippen LogP contribution in [0, 0.1) is 5.92 Å². The van der Waals surface area contributed by atoms with Gasteiger partial charge in [0.15, 0.2) is 14.1 Å². The molecule has 2 saturated heterocycles. The van der Waals surface area contributed by atoms with Crippen molar-refractivity contribution in [3.05, 3.63) is 36.0 Å². The maximum absolute atomic E-state index is 14.1. The van der Waals surface area contributed by atoms with Crippen LogP contribution in [-0.2, 0) is 34.8 Å². The van der Waals surface area contributed by atoms with Gasteiger partial charge < -0.3 is 30.1 Å². The molecule has 3 N–H and O–H groups in total. The van der Waals surface area contributed by atoms with Gasteiger partial charge in [0, 0.05) is 31.0 Å². The number of carbonyl (C=O) groups is 5. The molecule has 3 heterocycles. The number of nitrogens with one attached hydrogen (secondary N) is 3. The van der Waals surface area contributed by atoms with Gasteiger partial charge in [-0.25, -0.2) is 0 Å². The van der Waals surface area contributed by atoms with Gasteiger partial charge in [0.25, 0.3) is 0 Å². The molecule has 2 fully saturated rings. The summed E-state index contributed by atoms with van der Waals surface area (Å²) in [4.78, 5) is 76.0. The molecule has 276 valence electrons. The third kappa shape index (κ3) is 9.96. The average Bonchev–Trinajstić information content (AvgIpc) is 3.44. The van der Waals surface area contributed by atoms with Crippen molar-refractivity contribution in [3.63, 3.8) is 0 Å². The molecule has 2 aliphatic rings. The fourth-order valence-electron chi connectivity index (χ4n) is 6.98. The number of aromatic nitrogens is 1. The first-order valence-electron chi connectivity index (χ1n) is 18.3. The highest BCUT2D eigenvalue weighted by atomic mass is 28.4. The summed E-state index contributed by atoms with van der Waals surface area (Å²) in [6.45, 7) is 12.2. The van der Waals surface area contributed by atoms with Crippen molar-refractivity contribution < 1.29 is 33.2 Å². The van der Waals surface area contributed by atoms with Crippen LogP contribution in [-0.4, -0.2) is 91.3 Å². The molecule has 2 aliphatic heterocycles. The van der Waals surface area contributed by atoms with Crippen LogP contribution in [0.25, 0.3) is 10.9 Å². The van der Waals surface area contributed by atoms with E-state index in [0.717, 1.165) is 29.3 Å². The fraction of sp³-hybridized carbons (Fsp3) is 0.649. The second-order valence-corrected chi connectivity index (χ2v) is 19.3. The van der Waals surface area contributed by atoms with Crippen LogP contribution in [0.2, 0.25) is 19.6 Å². The van der Waals surface area contributed by atoms with E-state index in [1.807, 2.05) is 38.1 Å². The predicted octanol–water partition coefficient (Wildman–Crippen LogP) is 3.90. The molecule has 6 atom stereocenters. The van der Waals surface area contributed by atoms with Crippen molar-refractivity contribution in [2.75, 3.05) is 13.7 Å². The van der Waals surface area contributed by atoms with Crippen LogP contribution in [0.4, 0.5) is 0 Å². The number of amides is 4. The standard InChI is InChI=1S/C37H57N5O7Si/c1-8-24(2)33-37(47)41-21-15-14-19-31(41)36(46)38-28(17-10-9-11-20-32(43)25(3)49-50(5,6)7)34(44)39-29(35(45)40-33)22-26-23-42(48-4)30-18-13-12-16-27(26)30/h12-13,16,18,23-25,28-29,31,33H,8-11,14-15,17,19-22H2,1-7H3,(H,38,46)(H,39,44)(H,40,45)/t24?,25?,28-,29-,31+,33-/m0/s1. The number of piperidine rings is 1. The summed E-state index contributed by atoms with van der Waals surface area (Å²) in [7, 11) is -0.285. The third-order valence-corrected chi connectivity index (χ3v) is 11.0. The molecule has 0 saturated carbocycles. The zero-order valence-corrected chi connectivity index (χ0v) is 31.9. The largest absolute Gasteiger partial charge is 0.417 e. The van der Waals surface area contributed by atoms with Crippen molar-refractivity contribution in [2.24, 2.45) is 5.92 Å². The van der Waals surface area contributed by atoms with Gasteiger partial charge in [-0.15, -0.1) is 0 Å². The number of para-hydroxylation sites is 1. The summed E-state index contributed by atoms with van der Waals surface area (Å²) in [6, 6.07) is 4.11. The van der Waals surface area contributed by atoms with Gasteiger partial charge in [0.05, 0.1) is 5.52 Å². The number of hydrogen-bond donors (Lipinski definition) is 3. The van der Waals surface area contributed by atoms with Crippen LogP contribution in [0.1, 0.15) is 84.1 Å². The summed E-state index contributed by atoms with van der Waals surface area (Å²) < 4.78 is 7.55. The van der Waals surface area contributed by atoms with Gasteiger partial charge in [-0.2, -0.15) is 4.73 Å². The maximum atomic E-state index is 14.1. The lowest BCUT2D eigenvalue weighted by Gasteiger charge is -2.39. The molecule has 0 radical (unpaired) electrons. The van der Waals surface area contributed by atoms with Crippen molar-refractivity contribution in [1.82, 2.24) is 25.6 Å². The monoisotopic (exact) mass is 711 g/mol. The lowest BCUT2D eigenvalue weighted by atomic mass is 9.93. The minimum absolute atomic E-state index is 0.0610. The lowest BCUT2D eigenvalue weighted by molar-refractivity contribution is -0.147. The SMILES string of the molecule is CCC(C)[C@@H]1NC(=O)[C@H](Cc2cn(OC)c3ccccc23)NC(=O)[C@H](CCCCCC(=O)C(C)O[Si](C)(C)C)NC(=O)[C@H]2CCCCN2C1=O. The minimum Gasteiger partial charge on any atom is -0.417 e. The molecule has 4 rings (SSSR count).